The van der Waals surface area contributed by atoms with Crippen LogP contribution in [0.15, 0.2) is 42.7 Å². The number of aliphatic hydroxyl groups is 1. The molecule has 0 aliphatic carbocycles. The Hall–Kier alpha value is -2.52. The summed E-state index contributed by atoms with van der Waals surface area (Å²) in [6.45, 7) is 4.91. The second kappa shape index (κ2) is 10.1. The third-order valence-corrected chi connectivity index (χ3v) is 8.29. The summed E-state index contributed by atoms with van der Waals surface area (Å²) in [5.74, 6) is 0.207. The van der Waals surface area contributed by atoms with E-state index in [1.165, 1.54) is 18.5 Å². The maximum atomic E-state index is 13.4. The molecule has 2 aliphatic heterocycles. The van der Waals surface area contributed by atoms with Crippen LogP contribution >= 0.6 is 23.2 Å². The minimum atomic E-state index is -0.977. The van der Waals surface area contributed by atoms with Gasteiger partial charge in [-0.1, -0.05) is 42.3 Å². The smallest absolute Gasteiger partial charge is 0.241 e. The average Bonchev–Trinajstić information content (AvgIpc) is 3.36. The number of hydrogen-bond donors (Lipinski definition) is 2. The summed E-state index contributed by atoms with van der Waals surface area (Å²) >= 11 is 12.2. The lowest BCUT2D eigenvalue weighted by molar-refractivity contribution is -0.128. The molecule has 2 aromatic carbocycles. The standard InChI is InChI=1S/C26H28Cl2FN5O2/c1-16-13-33(9-7-26(16,36)17-2-4-18(29)5-3-17)19-6-8-34(14-19)24(35)12-30-25-20-10-21(27)22(28)11-23(20)31-15-32-25/h2-5,10-11,15-16,19,36H,6-9,12-14H2,1H3,(H,30,31,32). The van der Waals surface area contributed by atoms with Crippen LogP contribution < -0.4 is 5.32 Å². The van der Waals surface area contributed by atoms with Gasteiger partial charge in [0, 0.05) is 43.5 Å². The van der Waals surface area contributed by atoms with E-state index in [4.69, 9.17) is 23.2 Å². The second-order valence-corrected chi connectivity index (χ2v) is 10.5. The van der Waals surface area contributed by atoms with Gasteiger partial charge in [-0.15, -0.1) is 0 Å². The fraction of sp³-hybridized carbons (Fsp3) is 0.423. The summed E-state index contributed by atoms with van der Waals surface area (Å²) < 4.78 is 13.4. The summed E-state index contributed by atoms with van der Waals surface area (Å²) in [5, 5.41) is 16.0. The Bertz CT molecular complexity index is 1280. The molecule has 3 unspecified atom stereocenters. The number of aromatic nitrogens is 2. The average molecular weight is 532 g/mol. The Kier molecular flexibility index (Phi) is 7.05. The number of piperidine rings is 1. The van der Waals surface area contributed by atoms with Gasteiger partial charge < -0.3 is 15.3 Å². The van der Waals surface area contributed by atoms with Crippen LogP contribution in [-0.4, -0.2) is 69.5 Å². The molecule has 0 radical (unpaired) electrons. The van der Waals surface area contributed by atoms with E-state index in [0.29, 0.717) is 46.3 Å². The second-order valence-electron chi connectivity index (χ2n) is 9.72. The van der Waals surface area contributed by atoms with E-state index in [1.54, 1.807) is 24.3 Å². The molecule has 2 fully saturated rings. The van der Waals surface area contributed by atoms with Crippen molar-refractivity contribution in [3.63, 3.8) is 0 Å². The molecule has 3 atom stereocenters. The van der Waals surface area contributed by atoms with Crippen molar-refractivity contribution < 1.29 is 14.3 Å². The van der Waals surface area contributed by atoms with Crippen LogP contribution in [0.25, 0.3) is 10.9 Å². The maximum absolute atomic E-state index is 13.4. The summed E-state index contributed by atoms with van der Waals surface area (Å²) in [5.41, 5.74) is 0.428. The summed E-state index contributed by atoms with van der Waals surface area (Å²) in [6.07, 6.45) is 2.88. The number of carbonyl (C=O) groups is 1. The Morgan fingerprint density at radius 2 is 1.92 bits per heavy atom. The highest BCUT2D eigenvalue weighted by Crippen LogP contribution is 2.38. The molecule has 7 nitrogen and oxygen atoms in total. The van der Waals surface area contributed by atoms with Gasteiger partial charge in [0.1, 0.15) is 18.0 Å². The van der Waals surface area contributed by atoms with Crippen molar-refractivity contribution in [1.29, 1.82) is 0 Å². The van der Waals surface area contributed by atoms with Crippen LogP contribution in [0.2, 0.25) is 10.0 Å². The van der Waals surface area contributed by atoms with Crippen molar-refractivity contribution in [2.45, 2.75) is 31.4 Å². The van der Waals surface area contributed by atoms with Crippen molar-refractivity contribution >= 4 is 45.8 Å². The van der Waals surface area contributed by atoms with Crippen molar-refractivity contribution in [1.82, 2.24) is 19.8 Å². The zero-order valence-corrected chi connectivity index (χ0v) is 21.4. The first kappa shape index (κ1) is 25.1. The number of benzene rings is 2. The third kappa shape index (κ3) is 4.87. The Morgan fingerprint density at radius 1 is 1.17 bits per heavy atom. The van der Waals surface area contributed by atoms with Crippen molar-refractivity contribution in [3.05, 3.63) is 64.2 Å². The highest BCUT2D eigenvalue weighted by Gasteiger charge is 2.43. The van der Waals surface area contributed by atoms with E-state index in [-0.39, 0.29) is 30.2 Å². The van der Waals surface area contributed by atoms with Gasteiger partial charge in [-0.05, 0) is 42.7 Å². The molecule has 0 bridgehead atoms. The summed E-state index contributed by atoms with van der Waals surface area (Å²) in [6, 6.07) is 9.76. The first-order chi connectivity index (χ1) is 17.2. The topological polar surface area (TPSA) is 81.6 Å². The van der Waals surface area contributed by atoms with E-state index in [9.17, 15) is 14.3 Å². The van der Waals surface area contributed by atoms with Crippen LogP contribution in [-0.2, 0) is 10.4 Å². The van der Waals surface area contributed by atoms with Crippen molar-refractivity contribution in [2.75, 3.05) is 38.0 Å². The number of likely N-dealkylation sites (tertiary alicyclic amines) is 2. The number of nitrogens with zero attached hydrogens (tertiary/aromatic N) is 4. The molecule has 3 heterocycles. The molecule has 1 amide bonds. The van der Waals surface area contributed by atoms with Crippen molar-refractivity contribution in [3.8, 4) is 0 Å². The number of nitrogens with one attached hydrogen (secondary N) is 1. The van der Waals surface area contributed by atoms with Crippen molar-refractivity contribution in [2.24, 2.45) is 5.92 Å². The Labute approximate surface area is 219 Å². The van der Waals surface area contributed by atoms with Gasteiger partial charge in [0.25, 0.3) is 0 Å². The predicted octanol–water partition coefficient (Wildman–Crippen LogP) is 4.32. The van der Waals surface area contributed by atoms with Gasteiger partial charge in [0.15, 0.2) is 0 Å². The van der Waals surface area contributed by atoms with Gasteiger partial charge in [-0.25, -0.2) is 14.4 Å². The zero-order chi connectivity index (χ0) is 25.4. The summed E-state index contributed by atoms with van der Waals surface area (Å²) in [7, 11) is 0. The molecule has 36 heavy (non-hydrogen) atoms. The predicted molar refractivity (Wildman–Crippen MR) is 139 cm³/mol. The molecule has 3 aromatic rings. The van der Waals surface area contributed by atoms with Crippen LogP contribution in [0.5, 0.6) is 0 Å². The molecule has 10 heteroatoms. The minimum absolute atomic E-state index is 0.00259. The van der Waals surface area contributed by atoms with E-state index in [1.807, 2.05) is 11.8 Å². The van der Waals surface area contributed by atoms with E-state index >= 15 is 0 Å². The van der Waals surface area contributed by atoms with Crippen LogP contribution in [0.1, 0.15) is 25.3 Å². The number of amides is 1. The van der Waals surface area contributed by atoms with E-state index < -0.39 is 5.60 Å². The number of rotatable bonds is 5. The lowest BCUT2D eigenvalue weighted by atomic mass is 9.76. The molecule has 0 saturated carbocycles. The maximum Gasteiger partial charge on any atom is 0.241 e. The molecule has 190 valence electrons. The van der Waals surface area contributed by atoms with Crippen LogP contribution in [0.3, 0.4) is 0 Å². The van der Waals surface area contributed by atoms with E-state index in [2.05, 4.69) is 20.2 Å². The number of fused-ring (bicyclic) bond motifs is 1. The molecule has 2 aliphatic rings. The number of carbonyl (C=O) groups excluding carboxylic acids is 1. The Morgan fingerprint density at radius 3 is 2.67 bits per heavy atom. The molecular weight excluding hydrogens is 504 g/mol. The van der Waals surface area contributed by atoms with Gasteiger partial charge in [-0.2, -0.15) is 0 Å². The SMILES string of the molecule is CC1CN(C2CCN(C(=O)CNc3ncnc4cc(Cl)c(Cl)cc34)C2)CCC1(O)c1ccc(F)cc1. The van der Waals surface area contributed by atoms with Crippen LogP contribution in [0, 0.1) is 11.7 Å². The largest absolute Gasteiger partial charge is 0.385 e. The zero-order valence-electron chi connectivity index (χ0n) is 19.9. The number of hydrogen-bond acceptors (Lipinski definition) is 6. The number of halogens is 3. The van der Waals surface area contributed by atoms with Gasteiger partial charge in [-0.3, -0.25) is 9.69 Å². The highest BCUT2D eigenvalue weighted by molar-refractivity contribution is 6.42. The molecule has 1 aromatic heterocycles. The first-order valence-electron chi connectivity index (χ1n) is 12.1. The lowest BCUT2D eigenvalue weighted by Crippen LogP contribution is -2.52. The molecule has 2 N–H and O–H groups in total. The van der Waals surface area contributed by atoms with Gasteiger partial charge in [0.05, 0.1) is 27.7 Å². The lowest BCUT2D eigenvalue weighted by Gasteiger charge is -2.45. The molecular formula is C26H28Cl2FN5O2. The first-order valence-corrected chi connectivity index (χ1v) is 12.8. The van der Waals surface area contributed by atoms with Crippen LogP contribution in [0.4, 0.5) is 10.2 Å². The van der Waals surface area contributed by atoms with Gasteiger partial charge >= 0.3 is 0 Å². The monoisotopic (exact) mass is 531 g/mol. The molecule has 0 spiro atoms. The fourth-order valence-corrected chi connectivity index (χ4v) is 5.70. The minimum Gasteiger partial charge on any atom is -0.385 e. The Balaban J connectivity index is 1.18. The quantitative estimate of drug-likeness (QED) is 0.510. The normalized spacial score (nSPS) is 24.9. The molecule has 2 saturated heterocycles. The fourth-order valence-electron chi connectivity index (χ4n) is 5.38. The molecule has 5 rings (SSSR count). The number of anilines is 1. The van der Waals surface area contributed by atoms with E-state index in [0.717, 1.165) is 25.1 Å². The summed E-state index contributed by atoms with van der Waals surface area (Å²) in [4.78, 5) is 25.7. The van der Waals surface area contributed by atoms with Gasteiger partial charge in [0.2, 0.25) is 5.91 Å². The highest BCUT2D eigenvalue weighted by atomic mass is 35.5. The third-order valence-electron chi connectivity index (χ3n) is 7.56.